The standard InChI is InChI=1S/C14H19NO2S/c1-2-6-18-12(3-1)9-15-8-11-4-5-13-14(7-11)17-10-16-13/h4-5,7,12,15H,1-3,6,8-10H2. The number of fused-ring (bicyclic) bond motifs is 1. The first-order chi connectivity index (χ1) is 8.92. The highest BCUT2D eigenvalue weighted by Crippen LogP contribution is 2.32. The van der Waals surface area contributed by atoms with Gasteiger partial charge in [0.2, 0.25) is 6.79 Å². The van der Waals surface area contributed by atoms with Crippen molar-refractivity contribution in [2.24, 2.45) is 0 Å². The summed E-state index contributed by atoms with van der Waals surface area (Å²) < 4.78 is 10.7. The lowest BCUT2D eigenvalue weighted by atomic mass is 10.1. The highest BCUT2D eigenvalue weighted by atomic mass is 32.2. The lowest BCUT2D eigenvalue weighted by molar-refractivity contribution is 0.174. The number of nitrogens with one attached hydrogen (secondary N) is 1. The van der Waals surface area contributed by atoms with Gasteiger partial charge in [-0.1, -0.05) is 12.5 Å². The Morgan fingerprint density at radius 3 is 3.06 bits per heavy atom. The third-order valence-corrected chi connectivity index (χ3v) is 4.81. The van der Waals surface area contributed by atoms with Gasteiger partial charge in [-0.3, -0.25) is 0 Å². The summed E-state index contributed by atoms with van der Waals surface area (Å²) in [5.74, 6) is 3.07. The van der Waals surface area contributed by atoms with E-state index in [0.29, 0.717) is 6.79 Å². The third-order valence-electron chi connectivity index (χ3n) is 3.41. The molecule has 0 saturated carbocycles. The summed E-state index contributed by atoms with van der Waals surface area (Å²) in [5, 5.41) is 4.34. The number of hydrogen-bond acceptors (Lipinski definition) is 4. The minimum atomic E-state index is 0.352. The highest BCUT2D eigenvalue weighted by molar-refractivity contribution is 7.99. The summed E-state index contributed by atoms with van der Waals surface area (Å²) in [5.41, 5.74) is 1.26. The number of rotatable bonds is 4. The Balaban J connectivity index is 1.48. The van der Waals surface area contributed by atoms with Crippen molar-refractivity contribution < 1.29 is 9.47 Å². The molecule has 3 nitrogen and oxygen atoms in total. The second-order valence-corrected chi connectivity index (χ2v) is 6.22. The Hall–Kier alpha value is -0.870. The zero-order chi connectivity index (χ0) is 12.2. The molecule has 18 heavy (non-hydrogen) atoms. The molecule has 1 aromatic rings. The van der Waals surface area contributed by atoms with Crippen molar-refractivity contribution >= 4 is 11.8 Å². The molecule has 1 N–H and O–H groups in total. The second-order valence-electron chi connectivity index (χ2n) is 4.81. The van der Waals surface area contributed by atoms with Crippen LogP contribution in [0.25, 0.3) is 0 Å². The first-order valence-corrected chi connectivity index (χ1v) is 7.67. The minimum Gasteiger partial charge on any atom is -0.454 e. The molecule has 1 fully saturated rings. The fraction of sp³-hybridized carbons (Fsp3) is 0.571. The van der Waals surface area contributed by atoms with E-state index >= 15 is 0 Å². The van der Waals surface area contributed by atoms with Crippen LogP contribution in [0.15, 0.2) is 18.2 Å². The summed E-state index contributed by atoms with van der Waals surface area (Å²) in [7, 11) is 0. The number of hydrogen-bond donors (Lipinski definition) is 1. The van der Waals surface area contributed by atoms with Crippen LogP contribution >= 0.6 is 11.8 Å². The van der Waals surface area contributed by atoms with Crippen LogP contribution in [0, 0.1) is 0 Å². The molecule has 1 aromatic carbocycles. The van der Waals surface area contributed by atoms with Crippen LogP contribution in [0.1, 0.15) is 24.8 Å². The predicted octanol–water partition coefficient (Wildman–Crippen LogP) is 2.79. The molecule has 1 unspecified atom stereocenters. The summed E-state index contributed by atoms with van der Waals surface area (Å²) in [6.07, 6.45) is 4.14. The molecule has 3 rings (SSSR count). The normalized spacial score (nSPS) is 22.1. The molecule has 98 valence electrons. The van der Waals surface area contributed by atoms with Crippen molar-refractivity contribution in [1.82, 2.24) is 5.32 Å². The molecule has 0 spiro atoms. The quantitative estimate of drug-likeness (QED) is 0.907. The Morgan fingerprint density at radius 1 is 1.22 bits per heavy atom. The van der Waals surface area contributed by atoms with Crippen LogP contribution in [0.3, 0.4) is 0 Å². The van der Waals surface area contributed by atoms with Crippen molar-refractivity contribution in [1.29, 1.82) is 0 Å². The lowest BCUT2D eigenvalue weighted by Crippen LogP contribution is -2.26. The van der Waals surface area contributed by atoms with Crippen molar-refractivity contribution in [2.75, 3.05) is 19.1 Å². The zero-order valence-electron chi connectivity index (χ0n) is 10.5. The van der Waals surface area contributed by atoms with Gasteiger partial charge in [0.15, 0.2) is 11.5 Å². The van der Waals surface area contributed by atoms with Crippen LogP contribution in [-0.4, -0.2) is 24.3 Å². The van der Waals surface area contributed by atoms with E-state index in [1.807, 2.05) is 6.07 Å². The average Bonchev–Trinajstić information content (AvgIpc) is 2.87. The van der Waals surface area contributed by atoms with Crippen molar-refractivity contribution in [2.45, 2.75) is 31.1 Å². The molecule has 0 bridgehead atoms. The SMILES string of the molecule is c1cc2c(cc1CNCC1CCCCS1)OCO2. The van der Waals surface area contributed by atoms with Crippen LogP contribution in [0.5, 0.6) is 11.5 Å². The molecular formula is C14H19NO2S. The van der Waals surface area contributed by atoms with E-state index in [1.165, 1.54) is 30.6 Å². The summed E-state index contributed by atoms with van der Waals surface area (Å²) in [6.45, 7) is 2.37. The topological polar surface area (TPSA) is 30.5 Å². The van der Waals surface area contributed by atoms with E-state index in [9.17, 15) is 0 Å². The first-order valence-electron chi connectivity index (χ1n) is 6.63. The smallest absolute Gasteiger partial charge is 0.231 e. The van der Waals surface area contributed by atoms with Gasteiger partial charge in [0.1, 0.15) is 0 Å². The summed E-state index contributed by atoms with van der Waals surface area (Å²) in [4.78, 5) is 0. The van der Waals surface area contributed by atoms with Crippen molar-refractivity contribution in [3.63, 3.8) is 0 Å². The predicted molar refractivity (Wildman–Crippen MR) is 74.4 cm³/mol. The lowest BCUT2D eigenvalue weighted by Gasteiger charge is -2.21. The number of ether oxygens (including phenoxy) is 2. The fourth-order valence-electron chi connectivity index (χ4n) is 2.40. The average molecular weight is 265 g/mol. The molecular weight excluding hydrogens is 246 g/mol. The fourth-order valence-corrected chi connectivity index (χ4v) is 3.67. The highest BCUT2D eigenvalue weighted by Gasteiger charge is 2.15. The maximum absolute atomic E-state index is 5.38. The Morgan fingerprint density at radius 2 is 2.17 bits per heavy atom. The molecule has 0 radical (unpaired) electrons. The van der Waals surface area contributed by atoms with E-state index in [1.54, 1.807) is 0 Å². The molecule has 2 heterocycles. The Bertz CT molecular complexity index is 405. The van der Waals surface area contributed by atoms with Gasteiger partial charge < -0.3 is 14.8 Å². The Labute approximate surface area is 112 Å². The molecule has 4 heteroatoms. The van der Waals surface area contributed by atoms with E-state index < -0.39 is 0 Å². The van der Waals surface area contributed by atoms with Crippen LogP contribution in [0.2, 0.25) is 0 Å². The van der Waals surface area contributed by atoms with Gasteiger partial charge in [-0.05, 0) is 36.3 Å². The molecule has 0 aromatic heterocycles. The summed E-state index contributed by atoms with van der Waals surface area (Å²) in [6, 6.07) is 6.17. The molecule has 2 aliphatic heterocycles. The van der Waals surface area contributed by atoms with Crippen LogP contribution in [0.4, 0.5) is 0 Å². The van der Waals surface area contributed by atoms with Crippen LogP contribution < -0.4 is 14.8 Å². The number of thioether (sulfide) groups is 1. The first kappa shape index (κ1) is 12.2. The van der Waals surface area contributed by atoms with Gasteiger partial charge in [0, 0.05) is 18.3 Å². The van der Waals surface area contributed by atoms with E-state index in [0.717, 1.165) is 29.8 Å². The monoisotopic (exact) mass is 265 g/mol. The minimum absolute atomic E-state index is 0.352. The second kappa shape index (κ2) is 5.85. The van der Waals surface area contributed by atoms with Crippen molar-refractivity contribution in [3.8, 4) is 11.5 Å². The Kier molecular flexibility index (Phi) is 3.96. The summed E-state index contributed by atoms with van der Waals surface area (Å²) >= 11 is 2.11. The van der Waals surface area contributed by atoms with Gasteiger partial charge in [0.05, 0.1) is 0 Å². The number of benzene rings is 1. The van der Waals surface area contributed by atoms with Gasteiger partial charge in [-0.15, -0.1) is 0 Å². The third kappa shape index (κ3) is 2.93. The molecule has 0 aliphatic carbocycles. The van der Waals surface area contributed by atoms with Gasteiger partial charge in [-0.25, -0.2) is 0 Å². The van der Waals surface area contributed by atoms with E-state index in [-0.39, 0.29) is 0 Å². The molecule has 2 aliphatic rings. The van der Waals surface area contributed by atoms with Gasteiger partial charge in [-0.2, -0.15) is 11.8 Å². The van der Waals surface area contributed by atoms with Crippen LogP contribution in [-0.2, 0) is 6.54 Å². The molecule has 0 amide bonds. The molecule has 1 atom stereocenters. The van der Waals surface area contributed by atoms with E-state index in [4.69, 9.17) is 9.47 Å². The largest absolute Gasteiger partial charge is 0.454 e. The molecule has 1 saturated heterocycles. The zero-order valence-corrected chi connectivity index (χ0v) is 11.3. The van der Waals surface area contributed by atoms with Crippen molar-refractivity contribution in [3.05, 3.63) is 23.8 Å². The maximum atomic E-state index is 5.38. The van der Waals surface area contributed by atoms with E-state index in [2.05, 4.69) is 29.2 Å². The maximum Gasteiger partial charge on any atom is 0.231 e. The van der Waals surface area contributed by atoms with Gasteiger partial charge in [0.25, 0.3) is 0 Å². The van der Waals surface area contributed by atoms with Gasteiger partial charge >= 0.3 is 0 Å².